The lowest BCUT2D eigenvalue weighted by Gasteiger charge is -2.13. The van der Waals surface area contributed by atoms with Crippen molar-refractivity contribution in [3.63, 3.8) is 0 Å². The van der Waals surface area contributed by atoms with Crippen LogP contribution in [0.2, 0.25) is 0 Å². The van der Waals surface area contributed by atoms with Crippen LogP contribution in [0.1, 0.15) is 18.2 Å². The van der Waals surface area contributed by atoms with Crippen molar-refractivity contribution in [3.05, 3.63) is 76.4 Å². The Kier molecular flexibility index (Phi) is 4.87. The Labute approximate surface area is 164 Å². The largest absolute Gasteiger partial charge is 0.268 e. The molecule has 0 aliphatic carbocycles. The Hall–Kier alpha value is -3.13. The second-order valence-electron chi connectivity index (χ2n) is 6.14. The van der Waals surface area contributed by atoms with Gasteiger partial charge in [0.1, 0.15) is 17.2 Å². The summed E-state index contributed by atoms with van der Waals surface area (Å²) in [5, 5.41) is 0.876. The molecular weight excluding hydrogens is 377 g/mol. The van der Waals surface area contributed by atoms with Gasteiger partial charge in [-0.05, 0) is 48.9 Å². The van der Waals surface area contributed by atoms with Crippen molar-refractivity contribution in [2.24, 2.45) is 0 Å². The summed E-state index contributed by atoms with van der Waals surface area (Å²) < 4.78 is 16.1. The molecule has 8 heteroatoms. The smallest absolute Gasteiger partial charge is 0.267 e. The number of rotatable bonds is 4. The molecule has 3 aromatic heterocycles. The van der Waals surface area contributed by atoms with E-state index < -0.39 is 5.82 Å². The zero-order valence-electron chi connectivity index (χ0n) is 15.3. The van der Waals surface area contributed by atoms with Crippen molar-refractivity contribution in [1.82, 2.24) is 24.5 Å². The first-order chi connectivity index (χ1) is 13.6. The molecule has 0 saturated heterocycles. The van der Waals surface area contributed by atoms with Gasteiger partial charge in [0, 0.05) is 6.20 Å². The molecule has 0 atom stereocenters. The van der Waals surface area contributed by atoms with Crippen LogP contribution in [0.25, 0.3) is 16.7 Å². The molecular formula is C20H16FN5OS. The van der Waals surface area contributed by atoms with Crippen molar-refractivity contribution in [2.45, 2.75) is 30.5 Å². The molecule has 0 amide bonds. The molecule has 0 radical (unpaired) electrons. The Balaban J connectivity index is 1.95. The lowest BCUT2D eigenvalue weighted by molar-refractivity contribution is 0.558. The predicted molar refractivity (Wildman–Crippen MR) is 105 cm³/mol. The summed E-state index contributed by atoms with van der Waals surface area (Å²) >= 11 is 0.984. The number of fused-ring (bicyclic) bond motifs is 1. The van der Waals surface area contributed by atoms with Gasteiger partial charge in [0.15, 0.2) is 11.0 Å². The van der Waals surface area contributed by atoms with E-state index in [4.69, 9.17) is 0 Å². The molecule has 1 aromatic carbocycles. The van der Waals surface area contributed by atoms with E-state index >= 15 is 0 Å². The summed E-state index contributed by atoms with van der Waals surface area (Å²) in [7, 11) is 0. The summed E-state index contributed by atoms with van der Waals surface area (Å²) in [5.74, 6) is -0.0812. The summed E-state index contributed by atoms with van der Waals surface area (Å²) in [6.07, 6.45) is 3.43. The van der Waals surface area contributed by atoms with Gasteiger partial charge < -0.3 is 0 Å². The maximum Gasteiger partial charge on any atom is 0.267 e. The van der Waals surface area contributed by atoms with E-state index in [1.807, 2.05) is 19.9 Å². The number of halogens is 1. The molecule has 4 rings (SSSR count). The van der Waals surface area contributed by atoms with E-state index in [0.29, 0.717) is 34.0 Å². The van der Waals surface area contributed by atoms with Gasteiger partial charge in [-0.15, -0.1) is 0 Å². The number of aryl methyl sites for hydroxylation is 2. The van der Waals surface area contributed by atoms with E-state index in [1.54, 1.807) is 36.5 Å². The molecule has 0 unspecified atom stereocenters. The third-order valence-corrected chi connectivity index (χ3v) is 5.16. The van der Waals surface area contributed by atoms with E-state index in [9.17, 15) is 9.18 Å². The maximum atomic E-state index is 14.7. The van der Waals surface area contributed by atoms with E-state index in [1.165, 1.54) is 10.9 Å². The van der Waals surface area contributed by atoms with Crippen molar-refractivity contribution in [1.29, 1.82) is 0 Å². The highest BCUT2D eigenvalue weighted by Crippen LogP contribution is 2.29. The van der Waals surface area contributed by atoms with Crippen molar-refractivity contribution >= 4 is 22.7 Å². The van der Waals surface area contributed by atoms with Gasteiger partial charge in [0.25, 0.3) is 5.56 Å². The number of hydrogen-bond donors (Lipinski definition) is 0. The van der Waals surface area contributed by atoms with Gasteiger partial charge in [-0.2, -0.15) is 0 Å². The van der Waals surface area contributed by atoms with Crippen LogP contribution in [0.3, 0.4) is 0 Å². The topological polar surface area (TPSA) is 73.6 Å². The Morgan fingerprint density at radius 3 is 2.68 bits per heavy atom. The first-order valence-electron chi connectivity index (χ1n) is 8.70. The minimum absolute atomic E-state index is 0.120. The van der Waals surface area contributed by atoms with Gasteiger partial charge in [0.2, 0.25) is 0 Å². The second kappa shape index (κ2) is 7.47. The van der Waals surface area contributed by atoms with Gasteiger partial charge >= 0.3 is 0 Å². The average Bonchev–Trinajstić information content (AvgIpc) is 2.71. The highest BCUT2D eigenvalue weighted by Gasteiger charge is 2.18. The number of para-hydroxylation sites is 1. The fourth-order valence-corrected chi connectivity index (χ4v) is 3.66. The molecule has 0 spiro atoms. The summed E-state index contributed by atoms with van der Waals surface area (Å²) in [4.78, 5) is 30.1. The molecule has 0 aliphatic rings. The molecule has 3 heterocycles. The quantitative estimate of drug-likeness (QED) is 0.389. The SMILES string of the molecule is CCc1ncnc(Sc2nc3ccccc3c(=O)n2-c2ccc(C)cn2)c1F. The monoisotopic (exact) mass is 393 g/mol. The molecule has 4 aromatic rings. The van der Waals surface area contributed by atoms with Gasteiger partial charge in [0.05, 0.1) is 16.6 Å². The third kappa shape index (κ3) is 3.27. The van der Waals surface area contributed by atoms with E-state index in [-0.39, 0.29) is 10.6 Å². The summed E-state index contributed by atoms with van der Waals surface area (Å²) in [6.45, 7) is 3.73. The first-order valence-corrected chi connectivity index (χ1v) is 9.52. The van der Waals surface area contributed by atoms with E-state index in [0.717, 1.165) is 17.3 Å². The molecule has 0 aliphatic heterocycles. The standard InChI is InChI=1S/C20H16FN5OS/c1-3-14-17(21)18(24-11-23-14)28-20-25-15-7-5-4-6-13(15)19(27)26(20)16-9-8-12(2)10-22-16/h4-11H,3H2,1-2H3. The minimum atomic E-state index is -0.499. The molecule has 0 saturated carbocycles. The minimum Gasteiger partial charge on any atom is -0.268 e. The fraction of sp³-hybridized carbons (Fsp3) is 0.150. The van der Waals surface area contributed by atoms with E-state index in [2.05, 4.69) is 19.9 Å². The summed E-state index contributed by atoms with van der Waals surface area (Å²) in [6, 6.07) is 10.6. The van der Waals surface area contributed by atoms with Gasteiger partial charge in [-0.1, -0.05) is 25.1 Å². The number of aromatic nitrogens is 5. The van der Waals surface area contributed by atoms with Crippen molar-refractivity contribution in [2.75, 3.05) is 0 Å². The van der Waals surface area contributed by atoms with Crippen LogP contribution in [0.15, 0.2) is 63.9 Å². The molecule has 0 fully saturated rings. The van der Waals surface area contributed by atoms with Crippen LogP contribution < -0.4 is 5.56 Å². The highest BCUT2D eigenvalue weighted by molar-refractivity contribution is 7.99. The fourth-order valence-electron chi connectivity index (χ4n) is 2.77. The van der Waals surface area contributed by atoms with Crippen molar-refractivity contribution in [3.8, 4) is 5.82 Å². The molecule has 6 nitrogen and oxygen atoms in total. The maximum absolute atomic E-state index is 14.7. The third-order valence-electron chi connectivity index (χ3n) is 4.22. The molecule has 0 N–H and O–H groups in total. The summed E-state index contributed by atoms with van der Waals surface area (Å²) in [5.41, 5.74) is 1.55. The lowest BCUT2D eigenvalue weighted by Crippen LogP contribution is -2.22. The van der Waals surface area contributed by atoms with Crippen LogP contribution in [-0.2, 0) is 6.42 Å². The zero-order chi connectivity index (χ0) is 19.7. The normalized spacial score (nSPS) is 11.1. The Morgan fingerprint density at radius 2 is 1.93 bits per heavy atom. The molecule has 140 valence electrons. The van der Waals surface area contributed by atoms with Crippen molar-refractivity contribution < 1.29 is 4.39 Å². The van der Waals surface area contributed by atoms with Crippen LogP contribution in [0, 0.1) is 12.7 Å². The zero-order valence-corrected chi connectivity index (χ0v) is 16.1. The van der Waals surface area contributed by atoms with Crippen LogP contribution in [0.5, 0.6) is 0 Å². The lowest BCUT2D eigenvalue weighted by atomic mass is 10.2. The first kappa shape index (κ1) is 18.2. The highest BCUT2D eigenvalue weighted by atomic mass is 32.2. The number of benzene rings is 1. The number of hydrogen-bond acceptors (Lipinski definition) is 6. The van der Waals surface area contributed by atoms with Crippen LogP contribution >= 0.6 is 11.8 Å². The Morgan fingerprint density at radius 1 is 1.11 bits per heavy atom. The van der Waals surface area contributed by atoms with Gasteiger partial charge in [-0.25, -0.2) is 28.9 Å². The van der Waals surface area contributed by atoms with Gasteiger partial charge in [-0.3, -0.25) is 4.79 Å². The Bertz CT molecular complexity index is 1220. The molecule has 28 heavy (non-hydrogen) atoms. The second-order valence-corrected chi connectivity index (χ2v) is 7.10. The van der Waals surface area contributed by atoms with Crippen LogP contribution in [-0.4, -0.2) is 24.5 Å². The number of pyridine rings is 1. The van der Waals surface area contributed by atoms with Crippen LogP contribution in [0.4, 0.5) is 4.39 Å². The molecule has 0 bridgehead atoms. The average molecular weight is 393 g/mol. The predicted octanol–water partition coefficient (Wildman–Crippen LogP) is 3.73. The number of nitrogens with zero attached hydrogens (tertiary/aromatic N) is 5.